The lowest BCUT2D eigenvalue weighted by molar-refractivity contribution is -0.122. The van der Waals surface area contributed by atoms with Crippen molar-refractivity contribution in [3.63, 3.8) is 0 Å². The quantitative estimate of drug-likeness (QED) is 0.259. The number of aromatic nitrogens is 2. The molecule has 2 aromatic rings. The Balaban J connectivity index is 1.71. The van der Waals surface area contributed by atoms with E-state index in [1.165, 1.54) is 31.0 Å². The zero-order chi connectivity index (χ0) is 25.1. The molecule has 0 saturated carbocycles. The van der Waals surface area contributed by atoms with Gasteiger partial charge in [-0.3, -0.25) is 18.9 Å². The van der Waals surface area contributed by atoms with E-state index in [1.807, 2.05) is 19.1 Å². The highest BCUT2D eigenvalue weighted by Crippen LogP contribution is 2.35. The summed E-state index contributed by atoms with van der Waals surface area (Å²) >= 11 is 6.84. The summed E-state index contributed by atoms with van der Waals surface area (Å²) in [6, 6.07) is 3.83. The van der Waals surface area contributed by atoms with E-state index < -0.39 is 0 Å². The Morgan fingerprint density at radius 2 is 1.86 bits per heavy atom. The summed E-state index contributed by atoms with van der Waals surface area (Å²) in [4.78, 5) is 36.4. The fraction of sp³-hybridized carbons (Fsp3) is 0.556. The van der Waals surface area contributed by atoms with Crippen LogP contribution in [-0.2, 0) is 4.79 Å². The van der Waals surface area contributed by atoms with Gasteiger partial charge in [-0.15, -0.1) is 0 Å². The SMILES string of the molecule is CCCCCCCN1C(=O)/C(=C/c2c(N3C[C@H](C)C[C@@H](C)C3)nc3c(C)cccn3c2=O)SC1=S. The van der Waals surface area contributed by atoms with Crippen LogP contribution in [0.5, 0.6) is 0 Å². The van der Waals surface area contributed by atoms with Gasteiger partial charge in [-0.05, 0) is 49.3 Å². The average molecular weight is 513 g/mol. The zero-order valence-electron chi connectivity index (χ0n) is 21.2. The van der Waals surface area contributed by atoms with Gasteiger partial charge in [-0.2, -0.15) is 0 Å². The number of rotatable bonds is 8. The highest BCUT2D eigenvalue weighted by Gasteiger charge is 2.33. The van der Waals surface area contributed by atoms with Crippen molar-refractivity contribution in [2.45, 2.75) is 66.2 Å². The van der Waals surface area contributed by atoms with Crippen LogP contribution in [0.3, 0.4) is 0 Å². The van der Waals surface area contributed by atoms with Crippen LogP contribution in [0.1, 0.15) is 70.4 Å². The number of amides is 1. The van der Waals surface area contributed by atoms with Crippen molar-refractivity contribution in [1.29, 1.82) is 0 Å². The molecule has 0 aliphatic carbocycles. The van der Waals surface area contributed by atoms with Gasteiger partial charge in [0.05, 0.1) is 10.5 Å². The molecule has 8 heteroatoms. The molecule has 2 aromatic heterocycles. The van der Waals surface area contributed by atoms with E-state index in [-0.39, 0.29) is 11.5 Å². The van der Waals surface area contributed by atoms with E-state index in [4.69, 9.17) is 17.2 Å². The van der Waals surface area contributed by atoms with Gasteiger partial charge in [0.1, 0.15) is 15.8 Å². The van der Waals surface area contributed by atoms with Crippen LogP contribution in [0.2, 0.25) is 0 Å². The molecule has 1 amide bonds. The van der Waals surface area contributed by atoms with Gasteiger partial charge in [0.2, 0.25) is 0 Å². The first-order chi connectivity index (χ1) is 16.8. The lowest BCUT2D eigenvalue weighted by Crippen LogP contribution is -2.40. The third kappa shape index (κ3) is 5.64. The molecule has 2 saturated heterocycles. The lowest BCUT2D eigenvalue weighted by atomic mass is 9.91. The molecule has 2 aliphatic heterocycles. The summed E-state index contributed by atoms with van der Waals surface area (Å²) in [7, 11) is 0. The summed E-state index contributed by atoms with van der Waals surface area (Å²) in [6.45, 7) is 11.0. The minimum atomic E-state index is -0.149. The van der Waals surface area contributed by atoms with E-state index in [2.05, 4.69) is 25.7 Å². The van der Waals surface area contributed by atoms with Crippen LogP contribution < -0.4 is 10.5 Å². The van der Waals surface area contributed by atoms with Gasteiger partial charge < -0.3 is 4.90 Å². The number of anilines is 1. The Hall–Kier alpha value is -2.19. The molecule has 6 nitrogen and oxygen atoms in total. The first-order valence-corrected chi connectivity index (χ1v) is 14.0. The molecule has 0 radical (unpaired) electrons. The Morgan fingerprint density at radius 3 is 2.57 bits per heavy atom. The summed E-state index contributed by atoms with van der Waals surface area (Å²) in [5.74, 6) is 1.59. The van der Waals surface area contributed by atoms with Crippen molar-refractivity contribution >= 4 is 51.7 Å². The van der Waals surface area contributed by atoms with Gasteiger partial charge >= 0.3 is 0 Å². The summed E-state index contributed by atoms with van der Waals surface area (Å²) in [5, 5.41) is 0. The second-order valence-electron chi connectivity index (χ2n) is 10.1. The fourth-order valence-electron chi connectivity index (χ4n) is 5.20. The average Bonchev–Trinajstić information content (AvgIpc) is 3.07. The molecule has 2 fully saturated rings. The third-order valence-electron chi connectivity index (χ3n) is 6.87. The molecule has 188 valence electrons. The van der Waals surface area contributed by atoms with E-state index >= 15 is 0 Å². The van der Waals surface area contributed by atoms with Crippen LogP contribution in [0.25, 0.3) is 11.7 Å². The van der Waals surface area contributed by atoms with Crippen LogP contribution in [0.15, 0.2) is 28.0 Å². The zero-order valence-corrected chi connectivity index (χ0v) is 22.9. The highest BCUT2D eigenvalue weighted by molar-refractivity contribution is 8.26. The number of fused-ring (bicyclic) bond motifs is 1. The van der Waals surface area contributed by atoms with Crippen LogP contribution >= 0.6 is 24.0 Å². The van der Waals surface area contributed by atoms with E-state index in [0.29, 0.717) is 44.6 Å². The molecule has 35 heavy (non-hydrogen) atoms. The first kappa shape index (κ1) is 25.9. The van der Waals surface area contributed by atoms with Gasteiger partial charge in [0, 0.05) is 25.8 Å². The Kier molecular flexibility index (Phi) is 8.32. The topological polar surface area (TPSA) is 57.9 Å². The monoisotopic (exact) mass is 512 g/mol. The maximum atomic E-state index is 13.7. The van der Waals surface area contributed by atoms with Crippen molar-refractivity contribution in [3.05, 3.63) is 44.7 Å². The van der Waals surface area contributed by atoms with Crippen molar-refractivity contribution in [2.24, 2.45) is 11.8 Å². The smallest absolute Gasteiger partial charge is 0.267 e. The molecule has 4 heterocycles. The van der Waals surface area contributed by atoms with Gasteiger partial charge in [0.15, 0.2) is 0 Å². The summed E-state index contributed by atoms with van der Waals surface area (Å²) < 4.78 is 2.17. The molecule has 2 aliphatic rings. The maximum Gasteiger partial charge on any atom is 0.267 e. The molecule has 0 unspecified atom stereocenters. The number of pyridine rings is 1. The molecule has 0 spiro atoms. The molecular weight excluding hydrogens is 476 g/mol. The standard InChI is InChI=1S/C27H36N4O2S2/c1-5-6-7-8-9-12-31-26(33)22(35-27(31)34)15-21-24(29-16-18(2)14-19(3)17-29)28-23-20(4)11-10-13-30(23)25(21)32/h10-11,13,15,18-19H,5-9,12,14,16-17H2,1-4H3/b22-15-/t18-,19-/m1/s1. The minimum Gasteiger partial charge on any atom is -0.355 e. The molecule has 0 aromatic carbocycles. The summed E-state index contributed by atoms with van der Waals surface area (Å²) in [5.41, 5.74) is 1.93. The van der Waals surface area contributed by atoms with E-state index in [1.54, 1.807) is 21.6 Å². The van der Waals surface area contributed by atoms with Gasteiger partial charge in [-0.25, -0.2) is 4.98 Å². The number of piperidine rings is 1. The van der Waals surface area contributed by atoms with Crippen molar-refractivity contribution in [2.75, 3.05) is 24.5 Å². The fourth-order valence-corrected chi connectivity index (χ4v) is 6.49. The maximum absolute atomic E-state index is 13.7. The number of carbonyl (C=O) groups is 1. The van der Waals surface area contributed by atoms with Crippen molar-refractivity contribution in [3.8, 4) is 0 Å². The van der Waals surface area contributed by atoms with E-state index in [9.17, 15) is 9.59 Å². The number of carbonyl (C=O) groups excluding carboxylic acids is 1. The van der Waals surface area contributed by atoms with Crippen LogP contribution in [-0.4, -0.2) is 44.1 Å². The normalized spacial score (nSPS) is 22.1. The Bertz CT molecular complexity index is 1200. The molecule has 0 bridgehead atoms. The number of unbranched alkanes of at least 4 members (excludes halogenated alkanes) is 4. The lowest BCUT2D eigenvalue weighted by Gasteiger charge is -2.36. The molecule has 0 N–H and O–H groups in total. The predicted octanol–water partition coefficient (Wildman–Crippen LogP) is 5.66. The second kappa shape index (κ2) is 11.2. The van der Waals surface area contributed by atoms with Crippen molar-refractivity contribution in [1.82, 2.24) is 14.3 Å². The summed E-state index contributed by atoms with van der Waals surface area (Å²) in [6.07, 6.45) is 10.3. The van der Waals surface area contributed by atoms with Crippen LogP contribution in [0, 0.1) is 18.8 Å². The first-order valence-electron chi connectivity index (χ1n) is 12.8. The minimum absolute atomic E-state index is 0.101. The Morgan fingerprint density at radius 1 is 1.14 bits per heavy atom. The van der Waals surface area contributed by atoms with Crippen molar-refractivity contribution < 1.29 is 4.79 Å². The molecule has 4 rings (SSSR count). The van der Waals surface area contributed by atoms with Crippen LogP contribution in [0.4, 0.5) is 5.82 Å². The highest BCUT2D eigenvalue weighted by atomic mass is 32.2. The number of aryl methyl sites for hydroxylation is 1. The molecular formula is C27H36N4O2S2. The number of hydrogen-bond donors (Lipinski definition) is 0. The van der Waals surface area contributed by atoms with Gasteiger partial charge in [0.25, 0.3) is 11.5 Å². The molecule has 2 atom stereocenters. The number of thioether (sulfide) groups is 1. The largest absolute Gasteiger partial charge is 0.355 e. The predicted molar refractivity (Wildman–Crippen MR) is 150 cm³/mol. The van der Waals surface area contributed by atoms with Gasteiger partial charge in [-0.1, -0.05) is 76.5 Å². The van der Waals surface area contributed by atoms with E-state index in [0.717, 1.165) is 37.9 Å². The third-order valence-corrected chi connectivity index (χ3v) is 8.24. The number of nitrogens with zero attached hydrogens (tertiary/aromatic N) is 4. The number of hydrogen-bond acceptors (Lipinski definition) is 6. The Labute approximate surface area is 217 Å². The second-order valence-corrected chi connectivity index (χ2v) is 11.8. The number of thiocarbonyl (C=S) groups is 1.